The van der Waals surface area contributed by atoms with Crippen LogP contribution < -0.4 is 5.32 Å². The summed E-state index contributed by atoms with van der Waals surface area (Å²) in [6.07, 6.45) is 8.09. The van der Waals surface area contributed by atoms with Crippen molar-refractivity contribution < 1.29 is 4.79 Å². The Bertz CT molecular complexity index is 518. The van der Waals surface area contributed by atoms with Crippen molar-refractivity contribution in [2.24, 2.45) is 0 Å². The van der Waals surface area contributed by atoms with E-state index in [1.165, 1.54) is 21.3 Å². The highest BCUT2D eigenvalue weighted by atomic mass is 32.1. The molecule has 0 aromatic carbocycles. The fourth-order valence-corrected chi connectivity index (χ4v) is 3.23. The molecule has 2 heterocycles. The maximum atomic E-state index is 11.9. The van der Waals surface area contributed by atoms with Gasteiger partial charge in [0, 0.05) is 17.3 Å². The zero-order valence-corrected chi connectivity index (χ0v) is 10.1. The molecule has 3 rings (SSSR count). The van der Waals surface area contributed by atoms with Gasteiger partial charge in [0.2, 0.25) is 0 Å². The van der Waals surface area contributed by atoms with Gasteiger partial charge in [-0.2, -0.15) is 0 Å². The van der Waals surface area contributed by atoms with E-state index < -0.39 is 0 Å². The lowest BCUT2D eigenvalue weighted by Crippen LogP contribution is -2.33. The topological polar surface area (TPSA) is 46.9 Å². The van der Waals surface area contributed by atoms with E-state index in [1.807, 2.05) is 0 Å². The van der Waals surface area contributed by atoms with Gasteiger partial charge in [0.1, 0.15) is 6.33 Å². The first-order chi connectivity index (χ1) is 8.34. The van der Waals surface area contributed by atoms with Crippen molar-refractivity contribution in [3.63, 3.8) is 0 Å². The van der Waals surface area contributed by atoms with Crippen LogP contribution in [0.5, 0.6) is 0 Å². The second kappa shape index (κ2) is 4.33. The third-order valence-corrected chi connectivity index (χ3v) is 4.09. The van der Waals surface area contributed by atoms with Crippen LogP contribution in [0.1, 0.15) is 29.3 Å². The largest absolute Gasteiger partial charge is 0.331 e. The summed E-state index contributed by atoms with van der Waals surface area (Å²) in [6, 6.07) is 2.17. The maximum Gasteiger partial charge on any atom is 0.327 e. The molecular weight excluding hydrogens is 234 g/mol. The molecule has 5 heteroatoms. The van der Waals surface area contributed by atoms with Crippen LogP contribution in [0.4, 0.5) is 4.79 Å². The lowest BCUT2D eigenvalue weighted by Gasteiger charge is -2.23. The van der Waals surface area contributed by atoms with E-state index in [0.29, 0.717) is 0 Å². The summed E-state index contributed by atoms with van der Waals surface area (Å²) in [4.78, 5) is 17.2. The molecule has 0 radical (unpaired) electrons. The first-order valence-corrected chi connectivity index (χ1v) is 6.57. The molecule has 1 N–H and O–H groups in total. The Morgan fingerprint density at radius 3 is 3.35 bits per heavy atom. The summed E-state index contributed by atoms with van der Waals surface area (Å²) in [6.45, 7) is 0. The van der Waals surface area contributed by atoms with Crippen molar-refractivity contribution in [3.8, 4) is 0 Å². The van der Waals surface area contributed by atoms with Gasteiger partial charge >= 0.3 is 6.03 Å². The number of imidazole rings is 1. The molecule has 88 valence electrons. The van der Waals surface area contributed by atoms with Crippen LogP contribution in [0.3, 0.4) is 0 Å². The Hall–Kier alpha value is -1.62. The number of aryl methyl sites for hydroxylation is 1. The van der Waals surface area contributed by atoms with Gasteiger partial charge in [-0.05, 0) is 36.3 Å². The first-order valence-electron chi connectivity index (χ1n) is 5.69. The second-order valence-electron chi connectivity index (χ2n) is 4.16. The van der Waals surface area contributed by atoms with Crippen molar-refractivity contribution >= 4 is 17.4 Å². The molecule has 1 amide bonds. The molecule has 1 atom stereocenters. The van der Waals surface area contributed by atoms with Crippen molar-refractivity contribution in [2.45, 2.75) is 25.3 Å². The monoisotopic (exact) mass is 247 g/mol. The molecule has 0 saturated heterocycles. The number of nitrogens with one attached hydrogen (secondary N) is 1. The van der Waals surface area contributed by atoms with Crippen LogP contribution in [-0.4, -0.2) is 15.6 Å². The summed E-state index contributed by atoms with van der Waals surface area (Å²) >= 11 is 1.78. The molecule has 2 aromatic rings. The molecule has 0 fully saturated rings. The van der Waals surface area contributed by atoms with E-state index in [2.05, 4.69) is 21.7 Å². The third-order valence-electron chi connectivity index (χ3n) is 3.09. The van der Waals surface area contributed by atoms with Gasteiger partial charge in [-0.3, -0.25) is 4.57 Å². The van der Waals surface area contributed by atoms with E-state index in [-0.39, 0.29) is 12.1 Å². The summed E-state index contributed by atoms with van der Waals surface area (Å²) in [5.74, 6) is 0. The lowest BCUT2D eigenvalue weighted by molar-refractivity contribution is 0.237. The Labute approximate surface area is 103 Å². The normalized spacial score (nSPS) is 18.7. The zero-order valence-electron chi connectivity index (χ0n) is 9.30. The van der Waals surface area contributed by atoms with Gasteiger partial charge < -0.3 is 5.32 Å². The molecular formula is C12H13N3OS. The number of carbonyl (C=O) groups is 1. The Kier molecular flexibility index (Phi) is 2.68. The molecule has 0 aliphatic heterocycles. The summed E-state index contributed by atoms with van der Waals surface area (Å²) < 4.78 is 1.47. The van der Waals surface area contributed by atoms with Gasteiger partial charge in [-0.15, -0.1) is 11.3 Å². The molecule has 1 aliphatic carbocycles. The number of carbonyl (C=O) groups excluding carboxylic acids is 1. The standard InChI is InChI=1S/C12H13N3OS/c16-12(15-6-5-13-8-15)14-10-2-1-3-11-9(10)4-7-17-11/h4-8,10H,1-3H2,(H,14,16). The minimum Gasteiger partial charge on any atom is -0.331 e. The number of hydrogen-bond donors (Lipinski definition) is 1. The zero-order chi connectivity index (χ0) is 11.7. The fourth-order valence-electron chi connectivity index (χ4n) is 2.24. The van der Waals surface area contributed by atoms with Gasteiger partial charge in [0.05, 0.1) is 6.04 Å². The van der Waals surface area contributed by atoms with Crippen LogP contribution in [0.15, 0.2) is 30.2 Å². The first kappa shape index (κ1) is 10.5. The van der Waals surface area contributed by atoms with Gasteiger partial charge in [-0.25, -0.2) is 9.78 Å². The number of amides is 1. The molecule has 0 bridgehead atoms. The SMILES string of the molecule is O=C(NC1CCCc2sccc21)n1ccnc1. The third kappa shape index (κ3) is 1.98. The van der Waals surface area contributed by atoms with Crippen LogP contribution in [0.2, 0.25) is 0 Å². The van der Waals surface area contributed by atoms with Crippen LogP contribution in [0.25, 0.3) is 0 Å². The van der Waals surface area contributed by atoms with E-state index >= 15 is 0 Å². The predicted octanol–water partition coefficient (Wildman–Crippen LogP) is 2.58. The van der Waals surface area contributed by atoms with E-state index in [0.717, 1.165) is 19.3 Å². The summed E-state index contributed by atoms with van der Waals surface area (Å²) in [7, 11) is 0. The Balaban J connectivity index is 1.77. The average Bonchev–Trinajstić information content (AvgIpc) is 3.00. The van der Waals surface area contributed by atoms with Crippen LogP contribution in [-0.2, 0) is 6.42 Å². The van der Waals surface area contributed by atoms with Crippen molar-refractivity contribution in [1.82, 2.24) is 14.9 Å². The van der Waals surface area contributed by atoms with E-state index in [1.54, 1.807) is 23.7 Å². The van der Waals surface area contributed by atoms with Crippen LogP contribution >= 0.6 is 11.3 Å². The number of thiophene rings is 1. The number of hydrogen-bond acceptors (Lipinski definition) is 3. The van der Waals surface area contributed by atoms with Gasteiger partial charge in [0.15, 0.2) is 0 Å². The second-order valence-corrected chi connectivity index (χ2v) is 5.16. The van der Waals surface area contributed by atoms with Crippen molar-refractivity contribution in [2.75, 3.05) is 0 Å². The van der Waals surface area contributed by atoms with E-state index in [9.17, 15) is 4.79 Å². The lowest BCUT2D eigenvalue weighted by atomic mass is 9.94. The summed E-state index contributed by atoms with van der Waals surface area (Å²) in [5, 5.41) is 5.16. The summed E-state index contributed by atoms with van der Waals surface area (Å²) in [5.41, 5.74) is 1.29. The average molecular weight is 247 g/mol. The Morgan fingerprint density at radius 2 is 2.53 bits per heavy atom. The maximum absolute atomic E-state index is 11.9. The molecule has 1 aliphatic rings. The van der Waals surface area contributed by atoms with E-state index in [4.69, 9.17) is 0 Å². The molecule has 0 saturated carbocycles. The van der Waals surface area contributed by atoms with Crippen LogP contribution in [0, 0.1) is 0 Å². The molecule has 1 unspecified atom stereocenters. The fraction of sp³-hybridized carbons (Fsp3) is 0.333. The highest BCUT2D eigenvalue weighted by Crippen LogP contribution is 2.33. The highest BCUT2D eigenvalue weighted by Gasteiger charge is 2.22. The number of rotatable bonds is 1. The smallest absolute Gasteiger partial charge is 0.327 e. The molecule has 17 heavy (non-hydrogen) atoms. The highest BCUT2D eigenvalue weighted by molar-refractivity contribution is 7.10. The number of nitrogens with zero attached hydrogens (tertiary/aromatic N) is 2. The minimum atomic E-state index is -0.105. The Morgan fingerprint density at radius 1 is 1.59 bits per heavy atom. The van der Waals surface area contributed by atoms with Crippen molar-refractivity contribution in [1.29, 1.82) is 0 Å². The molecule has 2 aromatic heterocycles. The number of aromatic nitrogens is 2. The number of fused-ring (bicyclic) bond motifs is 1. The van der Waals surface area contributed by atoms with Gasteiger partial charge in [0.25, 0.3) is 0 Å². The van der Waals surface area contributed by atoms with Gasteiger partial charge in [-0.1, -0.05) is 0 Å². The molecule has 0 spiro atoms. The molecule has 4 nitrogen and oxygen atoms in total. The predicted molar refractivity (Wildman–Crippen MR) is 66.2 cm³/mol. The quantitative estimate of drug-likeness (QED) is 0.842. The van der Waals surface area contributed by atoms with Crippen molar-refractivity contribution in [3.05, 3.63) is 40.6 Å². The minimum absolute atomic E-state index is 0.105.